The van der Waals surface area contributed by atoms with Crippen LogP contribution in [0.2, 0.25) is 10.0 Å². The van der Waals surface area contributed by atoms with Crippen molar-refractivity contribution in [3.8, 4) is 0 Å². The highest BCUT2D eigenvalue weighted by atomic mass is 35.5. The summed E-state index contributed by atoms with van der Waals surface area (Å²) >= 11 is 11.7. The van der Waals surface area contributed by atoms with Gasteiger partial charge in [-0.2, -0.15) is 0 Å². The lowest BCUT2D eigenvalue weighted by atomic mass is 10.2. The molecule has 0 radical (unpaired) electrons. The minimum atomic E-state index is -0.289. The quantitative estimate of drug-likeness (QED) is 0.829. The molecule has 0 aliphatic rings. The van der Waals surface area contributed by atoms with Gasteiger partial charge in [0.2, 0.25) is 5.91 Å². The first-order chi connectivity index (χ1) is 8.02. The predicted octanol–water partition coefficient (Wildman–Crippen LogP) is 2.50. The number of rotatable bonds is 4. The fourth-order valence-electron chi connectivity index (χ4n) is 1.14. The number of hydrogen-bond donors (Lipinski definition) is 2. The van der Waals surface area contributed by atoms with E-state index in [2.05, 4.69) is 5.32 Å². The molecule has 0 unspecified atom stereocenters. The number of carbonyl (C=O) groups is 1. The van der Waals surface area contributed by atoms with Gasteiger partial charge in [-0.15, -0.1) is 0 Å². The highest BCUT2D eigenvalue weighted by Crippen LogP contribution is 2.21. The molecule has 1 atom stereocenters. The van der Waals surface area contributed by atoms with Crippen molar-refractivity contribution < 1.29 is 9.90 Å². The Morgan fingerprint density at radius 3 is 2.88 bits per heavy atom. The maximum atomic E-state index is 11.4. The molecule has 0 aromatic heterocycles. The second kappa shape index (κ2) is 6.64. The minimum Gasteiger partial charge on any atom is -0.394 e. The summed E-state index contributed by atoms with van der Waals surface area (Å²) in [6.07, 6.45) is 2.93. The molecule has 3 nitrogen and oxygen atoms in total. The first kappa shape index (κ1) is 14.0. The molecule has 0 aliphatic carbocycles. The molecular formula is C12H13Cl2NO2. The van der Waals surface area contributed by atoms with E-state index in [4.69, 9.17) is 28.3 Å². The normalized spacial score (nSPS) is 12.7. The van der Waals surface area contributed by atoms with Crippen molar-refractivity contribution in [2.75, 3.05) is 6.61 Å². The Kier molecular flexibility index (Phi) is 5.48. The summed E-state index contributed by atoms with van der Waals surface area (Å²) in [5, 5.41) is 12.4. The van der Waals surface area contributed by atoms with Gasteiger partial charge in [0.05, 0.1) is 6.61 Å². The van der Waals surface area contributed by atoms with E-state index in [0.717, 1.165) is 0 Å². The van der Waals surface area contributed by atoms with Crippen LogP contribution in [-0.4, -0.2) is 23.7 Å². The van der Waals surface area contributed by atoms with Gasteiger partial charge in [0.15, 0.2) is 0 Å². The van der Waals surface area contributed by atoms with Gasteiger partial charge in [-0.1, -0.05) is 23.2 Å². The summed E-state index contributed by atoms with van der Waals surface area (Å²) in [6.45, 7) is 1.61. The lowest BCUT2D eigenvalue weighted by molar-refractivity contribution is -0.117. The molecule has 0 aliphatic heterocycles. The SMILES string of the molecule is C[C@H](CO)NC(=O)C=Cc1cc(Cl)ccc1Cl. The van der Waals surface area contributed by atoms with Crippen LogP contribution >= 0.6 is 23.2 Å². The number of aliphatic hydroxyl groups is 1. The highest BCUT2D eigenvalue weighted by molar-refractivity contribution is 6.34. The van der Waals surface area contributed by atoms with Gasteiger partial charge in [0.25, 0.3) is 0 Å². The van der Waals surface area contributed by atoms with Crippen LogP contribution in [0.4, 0.5) is 0 Å². The van der Waals surface area contributed by atoms with Crippen LogP contribution in [0.3, 0.4) is 0 Å². The number of amides is 1. The molecular weight excluding hydrogens is 261 g/mol. The minimum absolute atomic E-state index is 0.0997. The first-order valence-corrected chi connectivity index (χ1v) is 5.83. The number of halogens is 2. The van der Waals surface area contributed by atoms with Crippen molar-refractivity contribution in [2.24, 2.45) is 0 Å². The van der Waals surface area contributed by atoms with Crippen LogP contribution in [-0.2, 0) is 4.79 Å². The molecule has 17 heavy (non-hydrogen) atoms. The number of carbonyl (C=O) groups excluding carboxylic acids is 1. The summed E-state index contributed by atoms with van der Waals surface area (Å²) in [5.41, 5.74) is 0.672. The lowest BCUT2D eigenvalue weighted by Gasteiger charge is -2.07. The average Bonchev–Trinajstić information content (AvgIpc) is 2.30. The van der Waals surface area contributed by atoms with E-state index in [1.807, 2.05) is 0 Å². The van der Waals surface area contributed by atoms with Gasteiger partial charge in [0.1, 0.15) is 0 Å². The van der Waals surface area contributed by atoms with E-state index in [0.29, 0.717) is 15.6 Å². The van der Waals surface area contributed by atoms with Crippen molar-refractivity contribution in [3.63, 3.8) is 0 Å². The Bertz CT molecular complexity index is 433. The van der Waals surface area contributed by atoms with E-state index in [1.165, 1.54) is 6.08 Å². The van der Waals surface area contributed by atoms with Crippen molar-refractivity contribution >= 4 is 35.2 Å². The molecule has 0 heterocycles. The fraction of sp³-hybridized carbons (Fsp3) is 0.250. The van der Waals surface area contributed by atoms with Crippen molar-refractivity contribution in [2.45, 2.75) is 13.0 Å². The highest BCUT2D eigenvalue weighted by Gasteiger charge is 2.03. The maximum absolute atomic E-state index is 11.4. The summed E-state index contributed by atoms with van der Waals surface area (Å²) in [4.78, 5) is 11.4. The number of nitrogens with one attached hydrogen (secondary N) is 1. The molecule has 0 saturated heterocycles. The van der Waals surface area contributed by atoms with Crippen molar-refractivity contribution in [1.29, 1.82) is 0 Å². The van der Waals surface area contributed by atoms with Gasteiger partial charge in [-0.25, -0.2) is 0 Å². The molecule has 0 saturated carbocycles. The third kappa shape index (κ3) is 4.77. The van der Waals surface area contributed by atoms with E-state index in [1.54, 1.807) is 31.2 Å². The summed E-state index contributed by atoms with van der Waals surface area (Å²) in [5.74, 6) is -0.289. The third-order valence-electron chi connectivity index (χ3n) is 2.03. The van der Waals surface area contributed by atoms with E-state index < -0.39 is 0 Å². The average molecular weight is 274 g/mol. The molecule has 1 aromatic rings. The van der Waals surface area contributed by atoms with E-state index in [-0.39, 0.29) is 18.6 Å². The van der Waals surface area contributed by atoms with Gasteiger partial charge in [-0.05, 0) is 36.8 Å². The van der Waals surface area contributed by atoms with Crippen LogP contribution < -0.4 is 5.32 Å². The molecule has 2 N–H and O–H groups in total. The molecule has 92 valence electrons. The Labute approximate surface area is 110 Å². The molecule has 0 fully saturated rings. The van der Waals surface area contributed by atoms with Crippen LogP contribution in [0.25, 0.3) is 6.08 Å². The Morgan fingerprint density at radius 2 is 2.24 bits per heavy atom. The number of aliphatic hydroxyl groups excluding tert-OH is 1. The van der Waals surface area contributed by atoms with Gasteiger partial charge < -0.3 is 10.4 Å². The molecule has 0 spiro atoms. The topological polar surface area (TPSA) is 49.3 Å². The zero-order valence-electron chi connectivity index (χ0n) is 9.28. The Hall–Kier alpha value is -1.03. The van der Waals surface area contributed by atoms with Crippen LogP contribution in [0, 0.1) is 0 Å². The zero-order valence-corrected chi connectivity index (χ0v) is 10.8. The fourth-order valence-corrected chi connectivity index (χ4v) is 1.51. The number of benzene rings is 1. The molecule has 5 heteroatoms. The monoisotopic (exact) mass is 273 g/mol. The zero-order chi connectivity index (χ0) is 12.8. The van der Waals surface area contributed by atoms with Crippen molar-refractivity contribution in [3.05, 3.63) is 39.9 Å². The largest absolute Gasteiger partial charge is 0.394 e. The standard InChI is InChI=1S/C12H13Cl2NO2/c1-8(7-16)15-12(17)5-2-9-6-10(13)3-4-11(9)14/h2-6,8,16H,7H2,1H3,(H,15,17)/t8-/m1/s1. The molecule has 1 aromatic carbocycles. The second-order valence-corrected chi connectivity index (χ2v) is 4.44. The van der Waals surface area contributed by atoms with E-state index >= 15 is 0 Å². The van der Waals surface area contributed by atoms with E-state index in [9.17, 15) is 4.79 Å². The third-order valence-corrected chi connectivity index (χ3v) is 2.61. The summed E-state index contributed by atoms with van der Waals surface area (Å²) in [6, 6.07) is 4.73. The maximum Gasteiger partial charge on any atom is 0.244 e. The smallest absolute Gasteiger partial charge is 0.244 e. The first-order valence-electron chi connectivity index (χ1n) is 5.07. The Morgan fingerprint density at radius 1 is 1.53 bits per heavy atom. The molecule has 0 bridgehead atoms. The molecule has 1 amide bonds. The van der Waals surface area contributed by atoms with Gasteiger partial charge >= 0.3 is 0 Å². The lowest BCUT2D eigenvalue weighted by Crippen LogP contribution is -2.33. The predicted molar refractivity (Wildman–Crippen MR) is 70.2 cm³/mol. The second-order valence-electron chi connectivity index (χ2n) is 3.59. The molecule has 1 rings (SSSR count). The summed E-state index contributed by atoms with van der Waals surface area (Å²) in [7, 11) is 0. The summed E-state index contributed by atoms with van der Waals surface area (Å²) < 4.78 is 0. The van der Waals surface area contributed by atoms with Crippen LogP contribution in [0.1, 0.15) is 12.5 Å². The van der Waals surface area contributed by atoms with Crippen molar-refractivity contribution in [1.82, 2.24) is 5.32 Å². The van der Waals surface area contributed by atoms with Crippen LogP contribution in [0.15, 0.2) is 24.3 Å². The Balaban J connectivity index is 2.70. The van der Waals surface area contributed by atoms with Gasteiger partial charge in [-0.3, -0.25) is 4.79 Å². The number of hydrogen-bond acceptors (Lipinski definition) is 2. The van der Waals surface area contributed by atoms with Crippen LogP contribution in [0.5, 0.6) is 0 Å². The van der Waals surface area contributed by atoms with Gasteiger partial charge in [0, 0.05) is 22.2 Å².